The lowest BCUT2D eigenvalue weighted by Crippen LogP contribution is -2.10. The van der Waals surface area contributed by atoms with Crippen LogP contribution in [0.3, 0.4) is 0 Å². The highest BCUT2D eigenvalue weighted by Gasteiger charge is 2.33. The number of carbonyl (C=O) groups is 1. The van der Waals surface area contributed by atoms with E-state index < -0.39 is 0 Å². The van der Waals surface area contributed by atoms with Crippen LogP contribution in [0.5, 0.6) is 0 Å². The molecule has 142 valence electrons. The number of nitrogens with one attached hydrogen (secondary N) is 1. The van der Waals surface area contributed by atoms with E-state index in [1.807, 2.05) is 73.7 Å². The molecule has 29 heavy (non-hydrogen) atoms. The van der Waals surface area contributed by atoms with E-state index in [0.717, 1.165) is 44.8 Å². The van der Waals surface area contributed by atoms with Crippen molar-refractivity contribution in [1.29, 1.82) is 0 Å². The van der Waals surface area contributed by atoms with Gasteiger partial charge in [0.25, 0.3) is 5.91 Å². The maximum Gasteiger partial charge on any atom is 0.256 e. The molecule has 0 bridgehead atoms. The van der Waals surface area contributed by atoms with Crippen LogP contribution in [0.15, 0.2) is 83.5 Å². The van der Waals surface area contributed by atoms with Gasteiger partial charge < -0.3 is 10.2 Å². The van der Waals surface area contributed by atoms with E-state index in [1.54, 1.807) is 0 Å². The Hall–Kier alpha value is -3.66. The van der Waals surface area contributed by atoms with Crippen LogP contribution in [0.1, 0.15) is 27.8 Å². The minimum Gasteiger partial charge on any atom is -0.390 e. The predicted molar refractivity (Wildman–Crippen MR) is 115 cm³/mol. The van der Waals surface area contributed by atoms with Gasteiger partial charge in [-0.05, 0) is 35.3 Å². The van der Waals surface area contributed by atoms with Gasteiger partial charge in [0.05, 0.1) is 5.57 Å². The second kappa shape index (κ2) is 7.06. The first-order valence-electron chi connectivity index (χ1n) is 9.69. The summed E-state index contributed by atoms with van der Waals surface area (Å²) in [4.78, 5) is 18.6. The van der Waals surface area contributed by atoms with E-state index in [0.29, 0.717) is 18.6 Å². The average Bonchev–Trinajstić information content (AvgIpc) is 3.25. The van der Waals surface area contributed by atoms with Crippen LogP contribution in [-0.4, -0.2) is 11.6 Å². The van der Waals surface area contributed by atoms with Crippen molar-refractivity contribution in [2.45, 2.75) is 20.0 Å². The highest BCUT2D eigenvalue weighted by atomic mass is 16.6. The summed E-state index contributed by atoms with van der Waals surface area (Å²) < 4.78 is 0. The highest BCUT2D eigenvalue weighted by molar-refractivity contribution is 6.38. The Kier molecular flexibility index (Phi) is 4.24. The summed E-state index contributed by atoms with van der Waals surface area (Å²) in [5.74, 6) is -0.0795. The zero-order chi connectivity index (χ0) is 19.8. The van der Waals surface area contributed by atoms with E-state index in [2.05, 4.69) is 16.5 Å². The first-order valence-corrected chi connectivity index (χ1v) is 9.69. The smallest absolute Gasteiger partial charge is 0.256 e. The molecule has 0 saturated heterocycles. The number of carbonyl (C=O) groups excluding carboxylic acids is 1. The van der Waals surface area contributed by atoms with Gasteiger partial charge in [-0.3, -0.25) is 4.79 Å². The van der Waals surface area contributed by atoms with Crippen molar-refractivity contribution in [3.8, 4) is 0 Å². The molecule has 0 aromatic heterocycles. The number of fused-ring (bicyclic) bond motifs is 2. The number of hydrogen-bond acceptors (Lipinski definition) is 3. The number of hydrogen-bond donors (Lipinski definition) is 1. The summed E-state index contributed by atoms with van der Waals surface area (Å²) in [5, 5.41) is 7.49. The van der Waals surface area contributed by atoms with Gasteiger partial charge in [0.1, 0.15) is 12.3 Å². The first kappa shape index (κ1) is 17.4. The van der Waals surface area contributed by atoms with Crippen LogP contribution in [0.4, 0.5) is 5.69 Å². The Morgan fingerprint density at radius 1 is 0.966 bits per heavy atom. The molecule has 1 aliphatic heterocycles. The van der Waals surface area contributed by atoms with Crippen LogP contribution in [0, 0.1) is 6.92 Å². The summed E-state index contributed by atoms with van der Waals surface area (Å²) in [5.41, 5.74) is 8.49. The van der Waals surface area contributed by atoms with Gasteiger partial charge in [0, 0.05) is 23.2 Å². The molecule has 1 amide bonds. The number of allylic oxidation sites excluding steroid dienone is 1. The summed E-state index contributed by atoms with van der Waals surface area (Å²) in [6.45, 7) is 2.41. The standard InChI is InChI=1S/C25H20N2O2/c1-16-11-12-20-22(13-16)26-25(28)23(20)21-14-18-9-5-6-10-19(18)24(21)27-29-15-17-7-3-2-4-8-17/h2-13H,14-15H2,1H3,(H,26,28)/b23-21+,27-24+. The Labute approximate surface area is 169 Å². The number of aryl methyl sites for hydroxylation is 1. The average molecular weight is 380 g/mol. The fraction of sp³-hybridized carbons (Fsp3) is 0.120. The quantitative estimate of drug-likeness (QED) is 0.520. The van der Waals surface area contributed by atoms with Crippen LogP contribution >= 0.6 is 0 Å². The lowest BCUT2D eigenvalue weighted by Gasteiger charge is -2.07. The SMILES string of the molecule is Cc1ccc2c(c1)NC(=O)/C2=C1\Cc2ccccc2\C1=N/OCc1ccccc1. The summed E-state index contributed by atoms with van der Waals surface area (Å²) in [7, 11) is 0. The van der Waals surface area contributed by atoms with E-state index in [-0.39, 0.29) is 5.91 Å². The molecule has 0 atom stereocenters. The third-order valence-corrected chi connectivity index (χ3v) is 5.38. The van der Waals surface area contributed by atoms with Gasteiger partial charge in [-0.25, -0.2) is 0 Å². The minimum atomic E-state index is -0.0795. The van der Waals surface area contributed by atoms with E-state index in [1.165, 1.54) is 0 Å². The largest absolute Gasteiger partial charge is 0.390 e. The zero-order valence-corrected chi connectivity index (χ0v) is 16.1. The molecule has 1 aliphatic carbocycles. The van der Waals surface area contributed by atoms with Crippen LogP contribution in [-0.2, 0) is 22.7 Å². The van der Waals surface area contributed by atoms with Crippen molar-refractivity contribution in [2.75, 3.05) is 5.32 Å². The van der Waals surface area contributed by atoms with E-state index >= 15 is 0 Å². The summed E-state index contributed by atoms with van der Waals surface area (Å²) in [6, 6.07) is 24.1. The van der Waals surface area contributed by atoms with Crippen LogP contribution in [0.25, 0.3) is 5.57 Å². The van der Waals surface area contributed by atoms with Gasteiger partial charge in [0.15, 0.2) is 0 Å². The molecule has 0 spiro atoms. The molecule has 0 unspecified atom stereocenters. The summed E-state index contributed by atoms with van der Waals surface area (Å²) in [6.07, 6.45) is 0.666. The van der Waals surface area contributed by atoms with Crippen LogP contribution < -0.4 is 5.32 Å². The molecule has 0 radical (unpaired) electrons. The topological polar surface area (TPSA) is 50.7 Å². The second-order valence-electron chi connectivity index (χ2n) is 7.39. The van der Waals surface area contributed by atoms with Gasteiger partial charge in [-0.15, -0.1) is 0 Å². The highest BCUT2D eigenvalue weighted by Crippen LogP contribution is 2.39. The van der Waals surface area contributed by atoms with Gasteiger partial charge >= 0.3 is 0 Å². The van der Waals surface area contributed by atoms with Crippen molar-refractivity contribution in [3.63, 3.8) is 0 Å². The lowest BCUT2D eigenvalue weighted by molar-refractivity contribution is -0.110. The van der Waals surface area contributed by atoms with E-state index in [4.69, 9.17) is 4.84 Å². The minimum absolute atomic E-state index is 0.0795. The second-order valence-corrected chi connectivity index (χ2v) is 7.39. The van der Waals surface area contributed by atoms with E-state index in [9.17, 15) is 4.79 Å². The van der Waals surface area contributed by atoms with Crippen molar-refractivity contribution in [3.05, 3.63) is 106 Å². The third kappa shape index (κ3) is 3.13. The number of rotatable bonds is 3. The van der Waals surface area contributed by atoms with Crippen molar-refractivity contribution in [2.24, 2.45) is 5.16 Å². The zero-order valence-electron chi connectivity index (χ0n) is 16.1. The lowest BCUT2D eigenvalue weighted by atomic mass is 9.97. The Morgan fingerprint density at radius 3 is 2.62 bits per heavy atom. The predicted octanol–water partition coefficient (Wildman–Crippen LogP) is 4.88. The monoisotopic (exact) mass is 380 g/mol. The normalized spacial score (nSPS) is 18.5. The van der Waals surface area contributed by atoms with Gasteiger partial charge in [-0.2, -0.15) is 0 Å². The molecule has 4 nitrogen and oxygen atoms in total. The molecule has 0 fully saturated rings. The Balaban J connectivity index is 1.58. The number of oxime groups is 1. The maximum atomic E-state index is 12.9. The number of nitrogens with zero attached hydrogens (tertiary/aromatic N) is 1. The van der Waals surface area contributed by atoms with Crippen LogP contribution in [0.2, 0.25) is 0 Å². The van der Waals surface area contributed by atoms with Gasteiger partial charge in [-0.1, -0.05) is 71.9 Å². The van der Waals surface area contributed by atoms with Gasteiger partial charge in [0.2, 0.25) is 0 Å². The molecule has 3 aromatic rings. The molecular formula is C25H20N2O2. The van der Waals surface area contributed by atoms with Crippen molar-refractivity contribution >= 4 is 22.9 Å². The van der Waals surface area contributed by atoms with Crippen molar-refractivity contribution < 1.29 is 9.63 Å². The van der Waals surface area contributed by atoms with Crippen molar-refractivity contribution in [1.82, 2.24) is 0 Å². The fourth-order valence-corrected chi connectivity index (χ4v) is 3.99. The fourth-order valence-electron chi connectivity index (χ4n) is 3.99. The Morgan fingerprint density at radius 2 is 1.76 bits per heavy atom. The molecular weight excluding hydrogens is 360 g/mol. The number of amides is 1. The Bertz CT molecular complexity index is 1180. The number of anilines is 1. The molecule has 4 heteroatoms. The molecule has 2 aliphatic rings. The maximum absolute atomic E-state index is 12.9. The molecule has 1 N–H and O–H groups in total. The molecule has 3 aromatic carbocycles. The first-order chi connectivity index (χ1) is 14.2. The molecule has 0 saturated carbocycles. The number of benzene rings is 3. The molecule has 1 heterocycles. The third-order valence-electron chi connectivity index (χ3n) is 5.38. The summed E-state index contributed by atoms with van der Waals surface area (Å²) >= 11 is 0. The molecule has 5 rings (SSSR count).